The third-order valence-electron chi connectivity index (χ3n) is 4.66. The van der Waals surface area contributed by atoms with Crippen LogP contribution in [0.3, 0.4) is 0 Å². The van der Waals surface area contributed by atoms with E-state index < -0.39 is 18.0 Å². The lowest BCUT2D eigenvalue weighted by atomic mass is 10.1. The monoisotopic (exact) mass is 420 g/mol. The Bertz CT molecular complexity index is 1220. The van der Waals surface area contributed by atoms with Crippen molar-refractivity contribution >= 4 is 39.9 Å². The molecule has 0 bridgehead atoms. The van der Waals surface area contributed by atoms with E-state index in [2.05, 4.69) is 15.4 Å². The second-order valence-corrected chi connectivity index (χ2v) is 7.79. The van der Waals surface area contributed by atoms with Crippen LogP contribution in [0.5, 0.6) is 0 Å². The predicted molar refractivity (Wildman–Crippen MR) is 117 cm³/mol. The minimum atomic E-state index is -0.969. The number of fused-ring (bicyclic) bond motifs is 1. The first-order valence-corrected chi connectivity index (χ1v) is 10.3. The molecule has 30 heavy (non-hydrogen) atoms. The number of esters is 1. The van der Waals surface area contributed by atoms with Crippen molar-refractivity contribution < 1.29 is 14.3 Å². The SMILES string of the molecule is Cc1nn(C)c2nc(-c3cccs3)cc(C(=O)OC(C)C(=O)Nc3ccccc3)c12. The summed E-state index contributed by atoms with van der Waals surface area (Å²) in [6.07, 6.45) is -0.969. The Hall–Kier alpha value is -3.52. The highest BCUT2D eigenvalue weighted by atomic mass is 32.1. The van der Waals surface area contributed by atoms with Crippen LogP contribution in [-0.4, -0.2) is 32.7 Å². The Morgan fingerprint density at radius 3 is 2.63 bits per heavy atom. The molecule has 152 valence electrons. The van der Waals surface area contributed by atoms with Crippen molar-refractivity contribution in [1.29, 1.82) is 0 Å². The van der Waals surface area contributed by atoms with Crippen LogP contribution in [0.4, 0.5) is 5.69 Å². The summed E-state index contributed by atoms with van der Waals surface area (Å²) in [5.41, 5.74) is 2.90. The van der Waals surface area contributed by atoms with E-state index in [0.29, 0.717) is 33.7 Å². The summed E-state index contributed by atoms with van der Waals surface area (Å²) in [7, 11) is 1.78. The predicted octanol–water partition coefficient (Wildman–Crippen LogP) is 4.19. The average molecular weight is 420 g/mol. The molecule has 0 aliphatic rings. The molecule has 0 aliphatic carbocycles. The Balaban J connectivity index is 1.64. The standard InChI is InChI=1S/C22H20N4O3S/c1-13-19-16(12-17(18-10-7-11-30-18)24-20(19)26(3)25-13)22(28)29-14(2)21(27)23-15-8-5-4-6-9-15/h4-12,14H,1-3H3,(H,23,27). The fourth-order valence-corrected chi connectivity index (χ4v) is 3.89. The van der Waals surface area contributed by atoms with Gasteiger partial charge < -0.3 is 10.1 Å². The normalized spacial score (nSPS) is 12.0. The van der Waals surface area contributed by atoms with E-state index in [-0.39, 0.29) is 0 Å². The number of carbonyl (C=O) groups excluding carboxylic acids is 2. The summed E-state index contributed by atoms with van der Waals surface area (Å²) < 4.78 is 7.15. The Morgan fingerprint density at radius 1 is 1.17 bits per heavy atom. The molecule has 0 saturated carbocycles. The van der Waals surface area contributed by atoms with Crippen LogP contribution in [0.1, 0.15) is 23.0 Å². The number of hydrogen-bond acceptors (Lipinski definition) is 6. The highest BCUT2D eigenvalue weighted by Gasteiger charge is 2.24. The number of rotatable bonds is 5. The Morgan fingerprint density at radius 2 is 1.93 bits per heavy atom. The van der Waals surface area contributed by atoms with Gasteiger partial charge in [-0.2, -0.15) is 5.10 Å². The summed E-state index contributed by atoms with van der Waals surface area (Å²) in [6.45, 7) is 3.36. The molecular weight excluding hydrogens is 400 g/mol. The molecule has 7 nitrogen and oxygen atoms in total. The Kier molecular flexibility index (Phi) is 5.33. The number of anilines is 1. The van der Waals surface area contributed by atoms with E-state index in [1.54, 1.807) is 36.9 Å². The van der Waals surface area contributed by atoms with Crippen LogP contribution in [-0.2, 0) is 16.6 Å². The molecule has 4 aromatic rings. The van der Waals surface area contributed by atoms with Gasteiger partial charge in [-0.25, -0.2) is 9.78 Å². The molecule has 0 fully saturated rings. The molecule has 0 aliphatic heterocycles. The quantitative estimate of drug-likeness (QED) is 0.489. The largest absolute Gasteiger partial charge is 0.449 e. The van der Waals surface area contributed by atoms with Gasteiger partial charge in [0.1, 0.15) is 0 Å². The topological polar surface area (TPSA) is 86.1 Å². The fraction of sp³-hybridized carbons (Fsp3) is 0.182. The molecule has 0 radical (unpaired) electrons. The minimum Gasteiger partial charge on any atom is -0.449 e. The number of hydrogen-bond donors (Lipinski definition) is 1. The van der Waals surface area contributed by atoms with Crippen molar-refractivity contribution in [1.82, 2.24) is 14.8 Å². The van der Waals surface area contributed by atoms with Crippen molar-refractivity contribution in [3.8, 4) is 10.6 Å². The number of carbonyl (C=O) groups is 2. The molecule has 1 atom stereocenters. The van der Waals surface area contributed by atoms with Crippen molar-refractivity contribution in [2.75, 3.05) is 5.32 Å². The maximum Gasteiger partial charge on any atom is 0.339 e. The van der Waals surface area contributed by atoms with E-state index in [9.17, 15) is 9.59 Å². The molecule has 0 saturated heterocycles. The molecule has 1 aromatic carbocycles. The van der Waals surface area contributed by atoms with Crippen molar-refractivity contribution in [2.45, 2.75) is 20.0 Å². The van der Waals surface area contributed by atoms with Crippen LogP contribution >= 0.6 is 11.3 Å². The van der Waals surface area contributed by atoms with Gasteiger partial charge in [0.2, 0.25) is 0 Å². The number of ether oxygens (including phenoxy) is 1. The fourth-order valence-electron chi connectivity index (χ4n) is 3.20. The highest BCUT2D eigenvalue weighted by Crippen LogP contribution is 2.29. The zero-order valence-corrected chi connectivity index (χ0v) is 17.6. The first-order valence-electron chi connectivity index (χ1n) is 9.39. The lowest BCUT2D eigenvalue weighted by molar-refractivity contribution is -0.123. The molecular formula is C22H20N4O3S. The van der Waals surface area contributed by atoms with Crippen LogP contribution in [0.2, 0.25) is 0 Å². The van der Waals surface area contributed by atoms with Crippen LogP contribution < -0.4 is 5.32 Å². The van der Waals surface area contributed by atoms with Gasteiger partial charge in [-0.05, 0) is 43.5 Å². The van der Waals surface area contributed by atoms with Crippen molar-refractivity contribution in [3.05, 3.63) is 65.2 Å². The smallest absolute Gasteiger partial charge is 0.339 e. The van der Waals surface area contributed by atoms with Crippen LogP contribution in [0, 0.1) is 6.92 Å². The number of nitrogens with zero attached hydrogens (tertiary/aromatic N) is 3. The third kappa shape index (κ3) is 3.81. The first kappa shape index (κ1) is 19.8. The lowest BCUT2D eigenvalue weighted by Gasteiger charge is -2.14. The first-order chi connectivity index (χ1) is 14.4. The van der Waals surface area contributed by atoms with Gasteiger partial charge in [-0.15, -0.1) is 11.3 Å². The number of nitrogens with one attached hydrogen (secondary N) is 1. The number of thiophene rings is 1. The molecule has 1 amide bonds. The zero-order valence-electron chi connectivity index (χ0n) is 16.7. The van der Waals surface area contributed by atoms with Gasteiger partial charge in [-0.1, -0.05) is 24.3 Å². The van der Waals surface area contributed by atoms with E-state index in [1.165, 1.54) is 11.3 Å². The lowest BCUT2D eigenvalue weighted by Crippen LogP contribution is -2.30. The Labute approximate surface area is 177 Å². The van der Waals surface area contributed by atoms with E-state index >= 15 is 0 Å². The van der Waals surface area contributed by atoms with Gasteiger partial charge in [0.25, 0.3) is 5.91 Å². The molecule has 1 unspecified atom stereocenters. The average Bonchev–Trinajstić information content (AvgIpc) is 3.37. The second kappa shape index (κ2) is 8.08. The van der Waals surface area contributed by atoms with Gasteiger partial charge in [0.05, 0.1) is 27.2 Å². The number of pyridine rings is 1. The molecule has 0 spiro atoms. The van der Waals surface area contributed by atoms with Crippen molar-refractivity contribution in [2.24, 2.45) is 7.05 Å². The van der Waals surface area contributed by atoms with Crippen molar-refractivity contribution in [3.63, 3.8) is 0 Å². The molecule has 4 rings (SSSR count). The van der Waals surface area contributed by atoms with Crippen LogP contribution in [0.15, 0.2) is 53.9 Å². The summed E-state index contributed by atoms with van der Waals surface area (Å²) in [4.78, 5) is 31.1. The van der Waals surface area contributed by atoms with Gasteiger partial charge in [0, 0.05) is 12.7 Å². The zero-order chi connectivity index (χ0) is 21.3. The molecule has 3 aromatic heterocycles. The highest BCUT2D eigenvalue weighted by molar-refractivity contribution is 7.13. The van der Waals surface area contributed by atoms with Crippen LogP contribution in [0.25, 0.3) is 21.6 Å². The number of benzene rings is 1. The summed E-state index contributed by atoms with van der Waals surface area (Å²) in [6, 6.07) is 14.6. The second-order valence-electron chi connectivity index (χ2n) is 6.84. The summed E-state index contributed by atoms with van der Waals surface area (Å²) >= 11 is 1.53. The maximum atomic E-state index is 13.0. The van der Waals surface area contributed by atoms with Gasteiger partial charge in [-0.3, -0.25) is 9.48 Å². The minimum absolute atomic E-state index is 0.341. The summed E-state index contributed by atoms with van der Waals surface area (Å²) in [5, 5.41) is 9.71. The number of aryl methyl sites for hydroxylation is 2. The number of para-hydroxylation sites is 1. The third-order valence-corrected chi connectivity index (χ3v) is 5.55. The van der Waals surface area contributed by atoms with Gasteiger partial charge in [0.15, 0.2) is 11.8 Å². The molecule has 8 heteroatoms. The summed E-state index contributed by atoms with van der Waals surface area (Å²) in [5.74, 6) is -0.992. The van der Waals surface area contributed by atoms with E-state index in [4.69, 9.17) is 4.74 Å². The molecule has 1 N–H and O–H groups in total. The van der Waals surface area contributed by atoms with E-state index in [0.717, 1.165) is 4.88 Å². The van der Waals surface area contributed by atoms with Gasteiger partial charge >= 0.3 is 5.97 Å². The van der Waals surface area contributed by atoms with E-state index in [1.807, 2.05) is 42.6 Å². The number of amides is 1. The maximum absolute atomic E-state index is 13.0. The number of aromatic nitrogens is 3. The molecule has 3 heterocycles.